The highest BCUT2D eigenvalue weighted by atomic mass is 16.4. The van der Waals surface area contributed by atoms with Crippen molar-refractivity contribution in [1.82, 2.24) is 9.97 Å². The van der Waals surface area contributed by atoms with Crippen molar-refractivity contribution in [1.29, 1.82) is 0 Å². The van der Waals surface area contributed by atoms with Crippen LogP contribution in [0.25, 0.3) is 0 Å². The number of nitrogens with zero attached hydrogens (tertiary/aromatic N) is 3. The van der Waals surface area contributed by atoms with E-state index in [0.29, 0.717) is 31.0 Å². The number of carboxylic acid groups (broad SMARTS) is 1. The number of hydrogen-bond donors (Lipinski definition) is 3. The summed E-state index contributed by atoms with van der Waals surface area (Å²) in [6, 6.07) is 7.00. The fraction of sp³-hybridized carbons (Fsp3) is 0.294. The highest BCUT2D eigenvalue weighted by Gasteiger charge is 2.25. The Morgan fingerprint density at radius 3 is 2.44 bits per heavy atom. The lowest BCUT2D eigenvalue weighted by Gasteiger charge is -2.36. The maximum Gasteiger partial charge on any atom is 0.303 e. The van der Waals surface area contributed by atoms with Crippen molar-refractivity contribution < 1.29 is 19.8 Å². The summed E-state index contributed by atoms with van der Waals surface area (Å²) in [4.78, 5) is 32.9. The second kappa shape index (κ2) is 7.27. The molecule has 1 aliphatic rings. The van der Waals surface area contributed by atoms with Crippen LogP contribution in [-0.4, -0.2) is 51.3 Å². The Hall–Kier alpha value is -3.00. The number of benzene rings is 1. The first-order valence-electron chi connectivity index (χ1n) is 7.88. The van der Waals surface area contributed by atoms with Crippen LogP contribution < -0.4 is 10.2 Å². The van der Waals surface area contributed by atoms with E-state index in [1.165, 1.54) is 12.4 Å². The predicted molar refractivity (Wildman–Crippen MR) is 90.6 cm³/mol. The number of aliphatic carboxylic acids is 1. The molecule has 3 N–H and O–H groups in total. The van der Waals surface area contributed by atoms with Crippen molar-refractivity contribution in [2.45, 2.75) is 18.9 Å². The Labute approximate surface area is 144 Å². The van der Waals surface area contributed by atoms with E-state index < -0.39 is 5.97 Å². The van der Waals surface area contributed by atoms with E-state index in [0.717, 1.165) is 5.56 Å². The summed E-state index contributed by atoms with van der Waals surface area (Å²) in [5.41, 5.74) is 1.68. The van der Waals surface area contributed by atoms with Crippen LogP contribution in [0.15, 0.2) is 36.7 Å². The third kappa shape index (κ3) is 4.30. The molecule has 2 heterocycles. The van der Waals surface area contributed by atoms with Gasteiger partial charge in [0, 0.05) is 25.2 Å². The Morgan fingerprint density at radius 2 is 1.88 bits per heavy atom. The van der Waals surface area contributed by atoms with Gasteiger partial charge in [-0.2, -0.15) is 0 Å². The summed E-state index contributed by atoms with van der Waals surface area (Å²) in [6.07, 6.45) is 3.10. The first kappa shape index (κ1) is 16.8. The monoisotopic (exact) mass is 342 g/mol. The van der Waals surface area contributed by atoms with Gasteiger partial charge in [0.05, 0.1) is 18.5 Å². The zero-order chi connectivity index (χ0) is 17.8. The number of nitrogens with one attached hydrogen (secondary N) is 1. The quantitative estimate of drug-likeness (QED) is 0.715. The van der Waals surface area contributed by atoms with Gasteiger partial charge in [0.25, 0.3) is 5.91 Å². The summed E-state index contributed by atoms with van der Waals surface area (Å²) in [7, 11) is 0. The number of β-amino-alcohol motifs (C(OH)–C–C–N with tert-alkyl or cyclic N) is 1. The second-order valence-electron chi connectivity index (χ2n) is 5.86. The van der Waals surface area contributed by atoms with Gasteiger partial charge in [-0.25, -0.2) is 9.97 Å². The molecule has 1 aliphatic heterocycles. The molecule has 0 aliphatic carbocycles. The number of carbonyl (C=O) groups is 2. The summed E-state index contributed by atoms with van der Waals surface area (Å²) in [5, 5.41) is 20.7. The number of rotatable bonds is 6. The van der Waals surface area contributed by atoms with E-state index in [2.05, 4.69) is 15.3 Å². The van der Waals surface area contributed by atoms with Crippen molar-refractivity contribution >= 4 is 23.4 Å². The van der Waals surface area contributed by atoms with E-state index >= 15 is 0 Å². The van der Waals surface area contributed by atoms with E-state index in [1.54, 1.807) is 24.3 Å². The van der Waals surface area contributed by atoms with Crippen molar-refractivity contribution in [3.05, 3.63) is 47.9 Å². The Bertz CT molecular complexity index is 755. The Balaban J connectivity index is 1.57. The molecule has 0 unspecified atom stereocenters. The van der Waals surface area contributed by atoms with Gasteiger partial charge < -0.3 is 20.4 Å². The third-order valence-corrected chi connectivity index (χ3v) is 3.90. The molecule has 2 aromatic rings. The molecule has 1 amide bonds. The lowest BCUT2D eigenvalue weighted by molar-refractivity contribution is -0.136. The summed E-state index contributed by atoms with van der Waals surface area (Å²) in [5.74, 6) is -0.585. The highest BCUT2D eigenvalue weighted by Crippen LogP contribution is 2.17. The van der Waals surface area contributed by atoms with Crippen molar-refractivity contribution in [2.75, 3.05) is 23.3 Å². The maximum atomic E-state index is 12.2. The molecule has 0 saturated carbocycles. The van der Waals surface area contributed by atoms with Gasteiger partial charge in [0.15, 0.2) is 0 Å². The normalized spacial score (nSPS) is 14.0. The van der Waals surface area contributed by atoms with E-state index in [9.17, 15) is 14.7 Å². The second-order valence-corrected chi connectivity index (χ2v) is 5.86. The third-order valence-electron chi connectivity index (χ3n) is 3.90. The van der Waals surface area contributed by atoms with Crippen LogP contribution in [0.3, 0.4) is 0 Å². The van der Waals surface area contributed by atoms with E-state index in [4.69, 9.17) is 5.11 Å². The van der Waals surface area contributed by atoms with Gasteiger partial charge in [-0.1, -0.05) is 12.1 Å². The fourth-order valence-corrected chi connectivity index (χ4v) is 2.45. The minimum Gasteiger partial charge on any atom is -0.481 e. The molecule has 0 bridgehead atoms. The van der Waals surface area contributed by atoms with Crippen molar-refractivity contribution in [3.63, 3.8) is 0 Å². The van der Waals surface area contributed by atoms with Crippen molar-refractivity contribution in [2.24, 2.45) is 0 Å². The van der Waals surface area contributed by atoms with Crippen LogP contribution in [0, 0.1) is 0 Å². The van der Waals surface area contributed by atoms with Gasteiger partial charge in [0.2, 0.25) is 0 Å². The fourth-order valence-electron chi connectivity index (χ4n) is 2.45. The lowest BCUT2D eigenvalue weighted by Crippen LogP contribution is -2.51. The molecular weight excluding hydrogens is 324 g/mol. The number of aliphatic hydroxyl groups excluding tert-OH is 1. The lowest BCUT2D eigenvalue weighted by atomic mass is 10.1. The average molecular weight is 342 g/mol. The molecule has 25 heavy (non-hydrogen) atoms. The van der Waals surface area contributed by atoms with Crippen LogP contribution in [-0.2, 0) is 11.2 Å². The molecule has 1 aromatic carbocycles. The SMILES string of the molecule is O=C(O)CCc1ccc(NC(=O)c2cnc(N3CC(O)C3)cn2)cc1. The number of amides is 1. The summed E-state index contributed by atoms with van der Waals surface area (Å²) in [6.45, 7) is 1.04. The van der Waals surface area contributed by atoms with Crippen LogP contribution in [0.5, 0.6) is 0 Å². The Morgan fingerprint density at radius 1 is 1.16 bits per heavy atom. The van der Waals surface area contributed by atoms with Crippen LogP contribution in [0.2, 0.25) is 0 Å². The van der Waals surface area contributed by atoms with Crippen molar-refractivity contribution in [3.8, 4) is 0 Å². The number of hydrogen-bond acceptors (Lipinski definition) is 6. The first-order valence-corrected chi connectivity index (χ1v) is 7.88. The summed E-state index contributed by atoms with van der Waals surface area (Å²) < 4.78 is 0. The van der Waals surface area contributed by atoms with Crippen LogP contribution in [0.4, 0.5) is 11.5 Å². The highest BCUT2D eigenvalue weighted by molar-refractivity contribution is 6.02. The minimum absolute atomic E-state index is 0.0711. The molecule has 1 fully saturated rings. The molecule has 8 heteroatoms. The predicted octanol–water partition coefficient (Wildman–Crippen LogP) is 0.927. The number of anilines is 2. The first-order chi connectivity index (χ1) is 12.0. The summed E-state index contributed by atoms with van der Waals surface area (Å²) >= 11 is 0. The zero-order valence-corrected chi connectivity index (χ0v) is 13.4. The van der Waals surface area contributed by atoms with Crippen LogP contribution >= 0.6 is 0 Å². The molecule has 0 radical (unpaired) electrons. The van der Waals surface area contributed by atoms with E-state index in [1.807, 2.05) is 4.90 Å². The topological polar surface area (TPSA) is 116 Å². The largest absolute Gasteiger partial charge is 0.481 e. The molecule has 0 spiro atoms. The van der Waals surface area contributed by atoms with Gasteiger partial charge >= 0.3 is 5.97 Å². The standard InChI is InChI=1S/C17H18N4O4/c22-13-9-21(10-13)15-8-18-14(7-19-15)17(25)20-12-4-1-11(2-5-12)3-6-16(23)24/h1-2,4-5,7-8,13,22H,3,6,9-10H2,(H,20,25)(H,23,24). The van der Waals surface area contributed by atoms with Gasteiger partial charge in [-0.3, -0.25) is 9.59 Å². The van der Waals surface area contributed by atoms with Gasteiger partial charge in [0.1, 0.15) is 11.5 Å². The number of carboxylic acids is 1. The molecule has 8 nitrogen and oxygen atoms in total. The molecular formula is C17H18N4O4. The number of aliphatic hydroxyl groups is 1. The molecule has 1 aromatic heterocycles. The molecule has 3 rings (SSSR count). The van der Waals surface area contributed by atoms with E-state index in [-0.39, 0.29) is 24.1 Å². The molecule has 1 saturated heterocycles. The zero-order valence-electron chi connectivity index (χ0n) is 13.4. The number of carbonyl (C=O) groups excluding carboxylic acids is 1. The number of aryl methyl sites for hydroxylation is 1. The molecule has 0 atom stereocenters. The van der Waals surface area contributed by atoms with Crippen LogP contribution in [0.1, 0.15) is 22.5 Å². The Kier molecular flexibility index (Phi) is 4.90. The maximum absolute atomic E-state index is 12.2. The smallest absolute Gasteiger partial charge is 0.303 e. The van der Waals surface area contributed by atoms with Gasteiger partial charge in [-0.05, 0) is 24.1 Å². The minimum atomic E-state index is -0.841. The number of aromatic nitrogens is 2. The van der Waals surface area contributed by atoms with Gasteiger partial charge in [-0.15, -0.1) is 0 Å². The molecule has 130 valence electrons. The average Bonchev–Trinajstić information content (AvgIpc) is 2.58.